The van der Waals surface area contributed by atoms with Gasteiger partial charge in [-0.25, -0.2) is 0 Å². The molecule has 0 aliphatic heterocycles. The van der Waals surface area contributed by atoms with Crippen molar-refractivity contribution in [2.75, 3.05) is 6.61 Å². The summed E-state index contributed by atoms with van der Waals surface area (Å²) in [6.45, 7) is 2.42. The van der Waals surface area contributed by atoms with Crippen LogP contribution in [0.4, 0.5) is 0 Å². The van der Waals surface area contributed by atoms with E-state index in [0.29, 0.717) is 11.7 Å². The molecule has 4 heteroatoms. The lowest BCUT2D eigenvalue weighted by atomic mass is 9.90. The van der Waals surface area contributed by atoms with Crippen LogP contribution in [0.2, 0.25) is 0 Å². The van der Waals surface area contributed by atoms with Gasteiger partial charge in [-0.1, -0.05) is 19.3 Å². The third-order valence-electron chi connectivity index (χ3n) is 3.75. The van der Waals surface area contributed by atoms with Crippen molar-refractivity contribution in [3.8, 4) is 11.5 Å². The maximum atomic E-state index is 10.9. The first-order valence-corrected chi connectivity index (χ1v) is 7.34. The molecule has 1 amide bonds. The van der Waals surface area contributed by atoms with Gasteiger partial charge in [0.15, 0.2) is 6.10 Å². The third kappa shape index (κ3) is 4.44. The number of ether oxygens (including phenoxy) is 2. The van der Waals surface area contributed by atoms with Crippen molar-refractivity contribution < 1.29 is 14.3 Å². The van der Waals surface area contributed by atoms with Gasteiger partial charge in [-0.3, -0.25) is 4.79 Å². The molecule has 2 rings (SSSR count). The minimum absolute atomic E-state index is 0.470. The molecule has 0 bridgehead atoms. The van der Waals surface area contributed by atoms with Gasteiger partial charge in [0, 0.05) is 0 Å². The Morgan fingerprint density at radius 3 is 2.40 bits per heavy atom. The fourth-order valence-corrected chi connectivity index (χ4v) is 2.44. The molecule has 1 aliphatic carbocycles. The molecule has 0 aromatic heterocycles. The lowest BCUT2D eigenvalue weighted by Gasteiger charge is -2.21. The molecule has 4 nitrogen and oxygen atoms in total. The minimum Gasteiger partial charge on any atom is -0.493 e. The second-order valence-corrected chi connectivity index (χ2v) is 5.45. The molecule has 0 spiro atoms. The number of carbonyl (C=O) groups is 1. The molecule has 1 unspecified atom stereocenters. The SMILES string of the molecule is CC(Oc1ccc(OCC2CCCCC2)cc1)C(N)=O. The van der Waals surface area contributed by atoms with Gasteiger partial charge in [-0.2, -0.15) is 0 Å². The van der Waals surface area contributed by atoms with E-state index in [1.807, 2.05) is 12.1 Å². The summed E-state index contributed by atoms with van der Waals surface area (Å²) in [6.07, 6.45) is 5.94. The van der Waals surface area contributed by atoms with Gasteiger partial charge in [-0.15, -0.1) is 0 Å². The van der Waals surface area contributed by atoms with E-state index in [4.69, 9.17) is 15.2 Å². The molecule has 1 fully saturated rings. The first kappa shape index (κ1) is 14.7. The summed E-state index contributed by atoms with van der Waals surface area (Å²) in [4.78, 5) is 10.9. The Bertz CT molecular complexity index is 424. The minimum atomic E-state index is -0.621. The van der Waals surface area contributed by atoms with Crippen LogP contribution in [0, 0.1) is 5.92 Å². The number of nitrogens with two attached hydrogens (primary N) is 1. The normalized spacial score (nSPS) is 17.4. The predicted molar refractivity (Wildman–Crippen MR) is 77.8 cm³/mol. The van der Waals surface area contributed by atoms with Gasteiger partial charge >= 0.3 is 0 Å². The predicted octanol–water partition coefficient (Wildman–Crippen LogP) is 2.90. The fourth-order valence-electron chi connectivity index (χ4n) is 2.44. The molecular formula is C16H23NO3. The molecule has 0 heterocycles. The summed E-state index contributed by atoms with van der Waals surface area (Å²) < 4.78 is 11.2. The average Bonchev–Trinajstić information content (AvgIpc) is 2.47. The van der Waals surface area contributed by atoms with Gasteiger partial charge in [0.1, 0.15) is 11.5 Å². The van der Waals surface area contributed by atoms with E-state index in [2.05, 4.69) is 0 Å². The van der Waals surface area contributed by atoms with Crippen LogP contribution >= 0.6 is 0 Å². The lowest BCUT2D eigenvalue weighted by molar-refractivity contribution is -0.123. The van der Waals surface area contributed by atoms with Crippen LogP contribution in [0.15, 0.2) is 24.3 Å². The van der Waals surface area contributed by atoms with Crippen molar-refractivity contribution in [2.24, 2.45) is 11.7 Å². The van der Waals surface area contributed by atoms with Crippen molar-refractivity contribution in [3.63, 3.8) is 0 Å². The standard InChI is InChI=1S/C16H23NO3/c1-12(16(17)18)20-15-9-7-14(8-10-15)19-11-13-5-3-2-4-6-13/h7-10,12-13H,2-6,11H2,1H3,(H2,17,18). The highest BCUT2D eigenvalue weighted by Crippen LogP contribution is 2.25. The van der Waals surface area contributed by atoms with Crippen LogP contribution in [-0.2, 0) is 4.79 Å². The zero-order chi connectivity index (χ0) is 14.4. The van der Waals surface area contributed by atoms with Crippen LogP contribution in [0.5, 0.6) is 11.5 Å². The van der Waals surface area contributed by atoms with Gasteiger partial charge in [0.25, 0.3) is 5.91 Å². The molecule has 0 saturated heterocycles. The van der Waals surface area contributed by atoms with Crippen LogP contribution in [0.1, 0.15) is 39.0 Å². The summed E-state index contributed by atoms with van der Waals surface area (Å²) in [5.74, 6) is 1.69. The molecule has 20 heavy (non-hydrogen) atoms. The van der Waals surface area contributed by atoms with Gasteiger partial charge in [0.05, 0.1) is 6.61 Å². The quantitative estimate of drug-likeness (QED) is 0.869. The highest BCUT2D eigenvalue weighted by Gasteiger charge is 2.14. The number of hydrogen-bond acceptors (Lipinski definition) is 3. The van der Waals surface area contributed by atoms with Crippen LogP contribution in [0.3, 0.4) is 0 Å². The highest BCUT2D eigenvalue weighted by molar-refractivity contribution is 5.78. The molecule has 2 N–H and O–H groups in total. The average molecular weight is 277 g/mol. The number of benzene rings is 1. The molecule has 1 saturated carbocycles. The molecule has 1 aliphatic rings. The monoisotopic (exact) mass is 277 g/mol. The van der Waals surface area contributed by atoms with Crippen molar-refractivity contribution in [1.29, 1.82) is 0 Å². The van der Waals surface area contributed by atoms with Crippen molar-refractivity contribution in [3.05, 3.63) is 24.3 Å². The van der Waals surface area contributed by atoms with E-state index in [9.17, 15) is 4.79 Å². The first-order valence-electron chi connectivity index (χ1n) is 7.34. The molecule has 1 aromatic rings. The van der Waals surface area contributed by atoms with Gasteiger partial charge in [-0.05, 0) is 49.9 Å². The summed E-state index contributed by atoms with van der Waals surface area (Å²) in [6, 6.07) is 7.34. The van der Waals surface area contributed by atoms with Gasteiger partial charge < -0.3 is 15.2 Å². The van der Waals surface area contributed by atoms with E-state index in [1.165, 1.54) is 32.1 Å². The number of amides is 1. The summed E-state index contributed by atoms with van der Waals surface area (Å²) >= 11 is 0. The van der Waals surface area contributed by atoms with E-state index < -0.39 is 12.0 Å². The Kier molecular flexibility index (Phi) is 5.27. The first-order chi connectivity index (χ1) is 9.65. The second kappa shape index (κ2) is 7.17. The summed E-state index contributed by atoms with van der Waals surface area (Å²) in [5, 5.41) is 0. The fraction of sp³-hybridized carbons (Fsp3) is 0.562. The van der Waals surface area contributed by atoms with Crippen LogP contribution in [-0.4, -0.2) is 18.6 Å². The Morgan fingerprint density at radius 1 is 1.20 bits per heavy atom. The van der Waals surface area contributed by atoms with E-state index in [-0.39, 0.29) is 0 Å². The molecule has 1 atom stereocenters. The van der Waals surface area contributed by atoms with Crippen molar-refractivity contribution in [1.82, 2.24) is 0 Å². The number of carbonyl (C=O) groups excluding carboxylic acids is 1. The van der Waals surface area contributed by atoms with Gasteiger partial charge in [0.2, 0.25) is 0 Å². The topological polar surface area (TPSA) is 61.6 Å². The Morgan fingerprint density at radius 2 is 1.80 bits per heavy atom. The van der Waals surface area contributed by atoms with E-state index in [0.717, 1.165) is 12.4 Å². The maximum Gasteiger partial charge on any atom is 0.258 e. The number of primary amides is 1. The number of hydrogen-bond donors (Lipinski definition) is 1. The largest absolute Gasteiger partial charge is 0.493 e. The molecule has 0 radical (unpaired) electrons. The Labute approximate surface area is 120 Å². The molecule has 1 aromatic carbocycles. The van der Waals surface area contributed by atoms with Crippen molar-refractivity contribution in [2.45, 2.75) is 45.1 Å². The number of rotatable bonds is 6. The lowest BCUT2D eigenvalue weighted by Crippen LogP contribution is -2.30. The van der Waals surface area contributed by atoms with E-state index in [1.54, 1.807) is 19.1 Å². The highest BCUT2D eigenvalue weighted by atomic mass is 16.5. The Hall–Kier alpha value is -1.71. The van der Waals surface area contributed by atoms with Crippen molar-refractivity contribution >= 4 is 5.91 Å². The maximum absolute atomic E-state index is 10.9. The zero-order valence-electron chi connectivity index (χ0n) is 12.0. The summed E-state index contributed by atoms with van der Waals surface area (Å²) in [7, 11) is 0. The molecular weight excluding hydrogens is 254 g/mol. The Balaban J connectivity index is 1.80. The summed E-state index contributed by atoms with van der Waals surface area (Å²) in [5.41, 5.74) is 5.16. The third-order valence-corrected chi connectivity index (χ3v) is 3.75. The van der Waals surface area contributed by atoms with Crippen LogP contribution < -0.4 is 15.2 Å². The molecule has 110 valence electrons. The second-order valence-electron chi connectivity index (χ2n) is 5.45. The van der Waals surface area contributed by atoms with E-state index >= 15 is 0 Å². The smallest absolute Gasteiger partial charge is 0.258 e. The zero-order valence-corrected chi connectivity index (χ0v) is 12.0. The van der Waals surface area contributed by atoms with Crippen LogP contribution in [0.25, 0.3) is 0 Å².